The number of carbonyl (C=O) groups excluding carboxylic acids is 2. The zero-order chi connectivity index (χ0) is 25.6. The summed E-state index contributed by atoms with van der Waals surface area (Å²) in [5.41, 5.74) is 2.21. The molecule has 1 N–H and O–H groups in total. The monoisotopic (exact) mass is 482 g/mol. The van der Waals surface area contributed by atoms with E-state index >= 15 is 0 Å². The van der Waals surface area contributed by atoms with E-state index in [0.29, 0.717) is 17.6 Å². The predicted molar refractivity (Wildman–Crippen MR) is 147 cm³/mol. The number of carbonyl (C=O) groups is 2. The Balaban J connectivity index is 1.71. The smallest absolute Gasteiger partial charge is 0.168 e. The first-order valence-corrected chi connectivity index (χ1v) is 12.5. The lowest BCUT2D eigenvalue weighted by molar-refractivity contribution is -0.131. The van der Waals surface area contributed by atoms with Crippen LogP contribution in [0.2, 0.25) is 0 Å². The summed E-state index contributed by atoms with van der Waals surface area (Å²) < 4.78 is 0. The summed E-state index contributed by atoms with van der Waals surface area (Å²) in [6.07, 6.45) is 5.72. The quantitative estimate of drug-likeness (QED) is 0.343. The number of phenolic OH excluding ortho intramolecular Hbond substituents is 1. The fourth-order valence-corrected chi connectivity index (χ4v) is 6.41. The van der Waals surface area contributed by atoms with Gasteiger partial charge in [0.15, 0.2) is 11.6 Å². The van der Waals surface area contributed by atoms with E-state index in [1.165, 1.54) is 6.08 Å². The van der Waals surface area contributed by atoms with Crippen LogP contribution in [0.15, 0.2) is 127 Å². The summed E-state index contributed by atoms with van der Waals surface area (Å²) in [5, 5.41) is 13.1. The summed E-state index contributed by atoms with van der Waals surface area (Å²) in [6.45, 7) is 4.08. The number of ketones is 2. The third-order valence-electron chi connectivity index (χ3n) is 8.00. The first-order chi connectivity index (χ1) is 18.1. The largest absolute Gasteiger partial charge is 0.508 e. The van der Waals surface area contributed by atoms with Gasteiger partial charge in [0.1, 0.15) is 5.75 Å². The summed E-state index contributed by atoms with van der Waals surface area (Å²) in [6, 6.07) is 30.4. The maximum atomic E-state index is 14.6. The van der Waals surface area contributed by atoms with Gasteiger partial charge in [-0.1, -0.05) is 110 Å². The maximum absolute atomic E-state index is 14.6. The highest BCUT2D eigenvalue weighted by molar-refractivity contribution is 6.31. The average Bonchev–Trinajstić information content (AvgIpc) is 2.95. The van der Waals surface area contributed by atoms with Crippen molar-refractivity contribution in [1.82, 2.24) is 0 Å². The van der Waals surface area contributed by atoms with Gasteiger partial charge in [0.05, 0.1) is 5.41 Å². The molecule has 0 saturated heterocycles. The first kappa shape index (κ1) is 22.9. The van der Waals surface area contributed by atoms with Crippen LogP contribution in [0.1, 0.15) is 29.0 Å². The molecular weight excluding hydrogens is 456 g/mol. The zero-order valence-electron chi connectivity index (χ0n) is 20.3. The lowest BCUT2D eigenvalue weighted by atomic mass is 9.49. The van der Waals surface area contributed by atoms with Crippen LogP contribution in [0.5, 0.6) is 5.75 Å². The topological polar surface area (TPSA) is 54.4 Å². The number of hydrogen-bond acceptors (Lipinski definition) is 3. The molecule has 3 atom stereocenters. The van der Waals surface area contributed by atoms with Crippen molar-refractivity contribution in [2.45, 2.75) is 17.8 Å². The van der Waals surface area contributed by atoms with Gasteiger partial charge in [0.2, 0.25) is 0 Å². The van der Waals surface area contributed by atoms with Crippen LogP contribution in [0, 0.1) is 5.92 Å². The van der Waals surface area contributed by atoms with E-state index in [9.17, 15) is 14.7 Å². The Labute approximate surface area is 216 Å². The molecule has 0 heterocycles. The van der Waals surface area contributed by atoms with E-state index in [-0.39, 0.29) is 17.3 Å². The Kier molecular flexibility index (Phi) is 5.49. The highest BCUT2D eigenvalue weighted by atomic mass is 16.3. The molecular formula is C34H26O3. The van der Waals surface area contributed by atoms with Gasteiger partial charge in [-0.2, -0.15) is 0 Å². The van der Waals surface area contributed by atoms with Crippen LogP contribution in [0.25, 0.3) is 16.3 Å². The summed E-state index contributed by atoms with van der Waals surface area (Å²) in [4.78, 5) is 28.9. The van der Waals surface area contributed by atoms with Gasteiger partial charge in [-0.05, 0) is 46.0 Å². The fraction of sp³-hybridized carbons (Fsp3) is 0.118. The second-order valence-corrected chi connectivity index (χ2v) is 9.74. The lowest BCUT2D eigenvalue weighted by Crippen LogP contribution is -2.54. The van der Waals surface area contributed by atoms with Crippen LogP contribution in [-0.4, -0.2) is 16.7 Å². The fourth-order valence-electron chi connectivity index (χ4n) is 6.41. The molecule has 0 bridgehead atoms. The molecule has 0 aromatic heterocycles. The summed E-state index contributed by atoms with van der Waals surface area (Å²) in [5.74, 6) is -1.31. The third-order valence-corrected chi connectivity index (χ3v) is 8.00. The van der Waals surface area contributed by atoms with Gasteiger partial charge in [-0.3, -0.25) is 9.59 Å². The van der Waals surface area contributed by atoms with Crippen molar-refractivity contribution in [2.75, 3.05) is 0 Å². The number of allylic oxidation sites excluding steroid dienone is 5. The molecule has 2 aliphatic carbocycles. The third kappa shape index (κ3) is 3.35. The standard InChI is InChI=1S/C34H26O3/c1-2-22-17-19-28-33(37)27(23-11-5-3-6-12-23)21-30(36)34(28,25-14-7-4-8-15-25)32(22)31-26-16-10-9-13-24(26)18-20-29(31)35/h2-18,20-21,28,32,35H,1,19H2. The number of benzene rings is 4. The first-order valence-electron chi connectivity index (χ1n) is 12.5. The predicted octanol–water partition coefficient (Wildman–Crippen LogP) is 6.93. The van der Waals surface area contributed by atoms with Gasteiger partial charge in [-0.25, -0.2) is 0 Å². The molecule has 3 unspecified atom stereocenters. The molecule has 3 heteroatoms. The Bertz CT molecular complexity index is 1610. The number of Topliss-reactive ketones (excluding diaryl/α,β-unsaturated/α-hetero) is 1. The minimum absolute atomic E-state index is 0.0567. The second kappa shape index (κ2) is 8.86. The van der Waals surface area contributed by atoms with E-state index in [2.05, 4.69) is 6.58 Å². The number of rotatable bonds is 4. The molecule has 180 valence electrons. The molecule has 0 aliphatic heterocycles. The molecule has 0 saturated carbocycles. The number of phenols is 1. The van der Waals surface area contributed by atoms with Crippen molar-refractivity contribution in [3.8, 4) is 5.75 Å². The molecule has 0 fully saturated rings. The molecule has 0 spiro atoms. The van der Waals surface area contributed by atoms with Crippen molar-refractivity contribution in [3.63, 3.8) is 0 Å². The van der Waals surface area contributed by atoms with Crippen molar-refractivity contribution < 1.29 is 14.7 Å². The molecule has 0 radical (unpaired) electrons. The molecule has 2 aliphatic rings. The number of hydrogen-bond donors (Lipinski definition) is 1. The number of aromatic hydroxyl groups is 1. The molecule has 4 aromatic rings. The highest BCUT2D eigenvalue weighted by Gasteiger charge is 2.59. The van der Waals surface area contributed by atoms with Gasteiger partial charge in [0, 0.05) is 23.0 Å². The highest BCUT2D eigenvalue weighted by Crippen LogP contribution is 2.59. The lowest BCUT2D eigenvalue weighted by Gasteiger charge is -2.50. The summed E-state index contributed by atoms with van der Waals surface area (Å²) in [7, 11) is 0. The van der Waals surface area contributed by atoms with E-state index < -0.39 is 17.3 Å². The molecule has 6 rings (SSSR count). The minimum Gasteiger partial charge on any atom is -0.508 e. The van der Waals surface area contributed by atoms with Crippen LogP contribution < -0.4 is 0 Å². The zero-order valence-corrected chi connectivity index (χ0v) is 20.3. The van der Waals surface area contributed by atoms with Crippen molar-refractivity contribution in [2.24, 2.45) is 5.92 Å². The maximum Gasteiger partial charge on any atom is 0.168 e. The SMILES string of the molecule is C=CC1=CCC2C(=O)C(c3ccccc3)=CC(=O)C2(c2ccccc2)C1c1c(O)ccc2ccccc12. The Morgan fingerprint density at radius 1 is 0.838 bits per heavy atom. The Morgan fingerprint density at radius 3 is 2.24 bits per heavy atom. The Morgan fingerprint density at radius 2 is 1.51 bits per heavy atom. The molecule has 4 aromatic carbocycles. The van der Waals surface area contributed by atoms with Crippen LogP contribution in [-0.2, 0) is 15.0 Å². The van der Waals surface area contributed by atoms with Gasteiger partial charge >= 0.3 is 0 Å². The second-order valence-electron chi connectivity index (χ2n) is 9.74. The van der Waals surface area contributed by atoms with Crippen LogP contribution >= 0.6 is 0 Å². The normalized spacial score (nSPS) is 23.2. The summed E-state index contributed by atoms with van der Waals surface area (Å²) >= 11 is 0. The molecule has 37 heavy (non-hydrogen) atoms. The van der Waals surface area contributed by atoms with E-state index in [1.807, 2.05) is 97.1 Å². The minimum atomic E-state index is -1.23. The Hall–Kier alpha value is -4.50. The van der Waals surface area contributed by atoms with E-state index in [4.69, 9.17) is 0 Å². The van der Waals surface area contributed by atoms with Gasteiger partial charge in [0.25, 0.3) is 0 Å². The van der Waals surface area contributed by atoms with Crippen molar-refractivity contribution >= 4 is 27.9 Å². The van der Waals surface area contributed by atoms with Crippen LogP contribution in [0.3, 0.4) is 0 Å². The average molecular weight is 483 g/mol. The van der Waals surface area contributed by atoms with Gasteiger partial charge in [-0.15, -0.1) is 0 Å². The van der Waals surface area contributed by atoms with E-state index in [0.717, 1.165) is 27.5 Å². The van der Waals surface area contributed by atoms with Crippen molar-refractivity contribution in [1.29, 1.82) is 0 Å². The van der Waals surface area contributed by atoms with Crippen molar-refractivity contribution in [3.05, 3.63) is 144 Å². The van der Waals surface area contributed by atoms with E-state index in [1.54, 1.807) is 12.1 Å². The van der Waals surface area contributed by atoms with Gasteiger partial charge < -0.3 is 5.11 Å². The molecule has 3 nitrogen and oxygen atoms in total. The van der Waals surface area contributed by atoms with Crippen LogP contribution in [0.4, 0.5) is 0 Å². The molecule has 0 amide bonds. The number of fused-ring (bicyclic) bond motifs is 2.